The molecule has 2 N–H and O–H groups in total. The molecule has 3 rings (SSSR count). The van der Waals surface area contributed by atoms with Crippen molar-refractivity contribution in [3.8, 4) is 0 Å². The summed E-state index contributed by atoms with van der Waals surface area (Å²) >= 11 is 0. The molecule has 0 aromatic heterocycles. The Morgan fingerprint density at radius 3 is 2.72 bits per heavy atom. The largest absolute Gasteiger partial charge is 0.356 e. The molecule has 7 nitrogen and oxygen atoms in total. The number of piperidine rings is 1. The Morgan fingerprint density at radius 1 is 1.20 bits per heavy atom. The summed E-state index contributed by atoms with van der Waals surface area (Å²) < 4.78 is 0. The monoisotopic (exact) mass is 372 g/mol. The smallest absolute Gasteiger partial charge is 0.236 e. The topological polar surface area (TPSA) is 81.8 Å². The molecule has 1 saturated carbocycles. The van der Waals surface area contributed by atoms with Crippen molar-refractivity contribution in [2.75, 3.05) is 39.3 Å². The molecule has 0 aromatic rings. The van der Waals surface area contributed by atoms with Crippen LogP contribution in [0.4, 0.5) is 0 Å². The molecule has 1 aliphatic carbocycles. The average molecular weight is 373 g/mol. The highest BCUT2D eigenvalue weighted by atomic mass is 35.5. The fraction of sp³-hybridized carbons (Fsp3) is 0.824. The Balaban J connectivity index is 0.00000225. The number of likely N-dealkylation sites (tertiary alicyclic amines) is 1. The molecule has 0 radical (unpaired) electrons. The van der Waals surface area contributed by atoms with Gasteiger partial charge in [-0.3, -0.25) is 14.4 Å². The lowest BCUT2D eigenvalue weighted by Crippen LogP contribution is -2.57. The maximum Gasteiger partial charge on any atom is 0.236 e. The number of halogens is 1. The first-order valence-electron chi connectivity index (χ1n) is 9.21. The molecular weight excluding hydrogens is 344 g/mol. The van der Waals surface area contributed by atoms with Crippen molar-refractivity contribution in [2.24, 2.45) is 5.92 Å². The molecule has 1 atom stereocenters. The number of amides is 3. The molecule has 142 valence electrons. The second-order valence-electron chi connectivity index (χ2n) is 7.07. The van der Waals surface area contributed by atoms with Gasteiger partial charge in [0.15, 0.2) is 0 Å². The van der Waals surface area contributed by atoms with Crippen molar-refractivity contribution >= 4 is 30.1 Å². The number of carbonyl (C=O) groups excluding carboxylic acids is 3. The van der Waals surface area contributed by atoms with Gasteiger partial charge in [0.2, 0.25) is 17.7 Å². The van der Waals surface area contributed by atoms with Gasteiger partial charge in [-0.15, -0.1) is 12.4 Å². The van der Waals surface area contributed by atoms with Gasteiger partial charge in [-0.05, 0) is 32.1 Å². The molecule has 1 unspecified atom stereocenters. The van der Waals surface area contributed by atoms with E-state index in [0.717, 1.165) is 45.3 Å². The molecule has 0 spiro atoms. The zero-order chi connectivity index (χ0) is 16.9. The molecule has 3 fully saturated rings. The number of hydrogen-bond donors (Lipinski definition) is 2. The van der Waals surface area contributed by atoms with Crippen molar-refractivity contribution in [2.45, 2.75) is 44.6 Å². The average Bonchev–Trinajstić information content (AvgIpc) is 3.44. The molecule has 2 aliphatic heterocycles. The van der Waals surface area contributed by atoms with E-state index < -0.39 is 0 Å². The zero-order valence-corrected chi connectivity index (χ0v) is 15.5. The van der Waals surface area contributed by atoms with Crippen molar-refractivity contribution in [3.63, 3.8) is 0 Å². The van der Waals surface area contributed by atoms with Crippen LogP contribution in [0.2, 0.25) is 0 Å². The molecule has 8 heteroatoms. The molecule has 2 heterocycles. The molecular formula is C17H29ClN4O3. The van der Waals surface area contributed by atoms with Crippen LogP contribution in [-0.2, 0) is 14.4 Å². The van der Waals surface area contributed by atoms with Gasteiger partial charge in [0.05, 0.1) is 6.54 Å². The second-order valence-corrected chi connectivity index (χ2v) is 7.07. The Kier molecular flexibility index (Phi) is 7.50. The van der Waals surface area contributed by atoms with Crippen LogP contribution in [0.5, 0.6) is 0 Å². The fourth-order valence-corrected chi connectivity index (χ4v) is 3.54. The van der Waals surface area contributed by atoms with Gasteiger partial charge in [-0.2, -0.15) is 0 Å². The quantitative estimate of drug-likeness (QED) is 0.650. The first-order chi connectivity index (χ1) is 11.6. The number of rotatable bonds is 6. The van der Waals surface area contributed by atoms with Crippen LogP contribution in [0.3, 0.4) is 0 Å². The Hall–Kier alpha value is -1.34. The van der Waals surface area contributed by atoms with Crippen molar-refractivity contribution in [1.82, 2.24) is 20.4 Å². The van der Waals surface area contributed by atoms with Crippen LogP contribution < -0.4 is 10.6 Å². The van der Waals surface area contributed by atoms with Gasteiger partial charge in [-0.25, -0.2) is 0 Å². The third-order valence-electron chi connectivity index (χ3n) is 5.13. The van der Waals surface area contributed by atoms with Crippen molar-refractivity contribution in [1.29, 1.82) is 0 Å². The highest BCUT2D eigenvalue weighted by Crippen LogP contribution is 2.28. The van der Waals surface area contributed by atoms with Crippen molar-refractivity contribution < 1.29 is 14.4 Å². The van der Waals surface area contributed by atoms with Gasteiger partial charge in [0, 0.05) is 51.1 Å². The van der Waals surface area contributed by atoms with E-state index in [2.05, 4.69) is 10.6 Å². The van der Waals surface area contributed by atoms with Crippen LogP contribution in [-0.4, -0.2) is 72.8 Å². The van der Waals surface area contributed by atoms with E-state index in [-0.39, 0.29) is 42.1 Å². The third-order valence-corrected chi connectivity index (χ3v) is 5.13. The molecule has 25 heavy (non-hydrogen) atoms. The molecule has 3 amide bonds. The van der Waals surface area contributed by atoms with Gasteiger partial charge in [-0.1, -0.05) is 0 Å². The number of hydrogen-bond acceptors (Lipinski definition) is 4. The Labute approximate surface area is 155 Å². The standard InChI is InChI=1S/C17H28N4O3.ClH/c22-15(4-1-7-19-17(24)13-5-6-13)20-9-2-3-14(12-20)21-10-8-18-11-16(21)23;/h13-14,18H,1-12H2,(H,19,24);1H. The summed E-state index contributed by atoms with van der Waals surface area (Å²) in [5, 5.41) is 5.99. The van der Waals surface area contributed by atoms with Gasteiger partial charge >= 0.3 is 0 Å². The highest BCUT2D eigenvalue weighted by molar-refractivity contribution is 5.85. The number of piperazine rings is 1. The van der Waals surface area contributed by atoms with E-state index in [1.807, 2.05) is 9.80 Å². The van der Waals surface area contributed by atoms with Crippen LogP contribution in [0.25, 0.3) is 0 Å². The molecule has 2 saturated heterocycles. The van der Waals surface area contributed by atoms with E-state index in [4.69, 9.17) is 0 Å². The number of nitrogens with zero attached hydrogens (tertiary/aromatic N) is 2. The maximum absolute atomic E-state index is 12.4. The summed E-state index contributed by atoms with van der Waals surface area (Å²) in [6.45, 7) is 3.98. The van der Waals surface area contributed by atoms with Gasteiger partial charge < -0.3 is 20.4 Å². The minimum absolute atomic E-state index is 0. The highest BCUT2D eigenvalue weighted by Gasteiger charge is 2.31. The summed E-state index contributed by atoms with van der Waals surface area (Å²) in [5.41, 5.74) is 0. The fourth-order valence-electron chi connectivity index (χ4n) is 3.54. The van der Waals surface area contributed by atoms with E-state index in [1.54, 1.807) is 0 Å². The van der Waals surface area contributed by atoms with Crippen molar-refractivity contribution in [3.05, 3.63) is 0 Å². The summed E-state index contributed by atoms with van der Waals surface area (Å²) in [6.07, 6.45) is 5.09. The predicted octanol–water partition coefficient (Wildman–Crippen LogP) is 0.137. The number of carbonyl (C=O) groups is 3. The van der Waals surface area contributed by atoms with E-state index in [9.17, 15) is 14.4 Å². The zero-order valence-electron chi connectivity index (χ0n) is 14.7. The summed E-state index contributed by atoms with van der Waals surface area (Å²) in [7, 11) is 0. The molecule has 0 bridgehead atoms. The SMILES string of the molecule is Cl.O=C(NCCCC(=O)N1CCCC(N2CCNCC2=O)C1)C1CC1. The Bertz CT molecular complexity index is 498. The molecule has 0 aromatic carbocycles. The summed E-state index contributed by atoms with van der Waals surface area (Å²) in [6, 6.07) is 0.159. The predicted molar refractivity (Wildman–Crippen MR) is 96.4 cm³/mol. The van der Waals surface area contributed by atoms with Crippen LogP contribution in [0, 0.1) is 5.92 Å². The molecule has 3 aliphatic rings. The minimum atomic E-state index is 0. The second kappa shape index (κ2) is 9.38. The van der Waals surface area contributed by atoms with E-state index >= 15 is 0 Å². The van der Waals surface area contributed by atoms with Crippen LogP contribution >= 0.6 is 12.4 Å². The van der Waals surface area contributed by atoms with E-state index in [1.165, 1.54) is 0 Å². The van der Waals surface area contributed by atoms with Gasteiger partial charge in [0.25, 0.3) is 0 Å². The third kappa shape index (κ3) is 5.57. The first kappa shape index (κ1) is 20.0. The number of nitrogens with one attached hydrogen (secondary N) is 2. The lowest BCUT2D eigenvalue weighted by Gasteiger charge is -2.41. The lowest BCUT2D eigenvalue weighted by molar-refractivity contribution is -0.140. The maximum atomic E-state index is 12.4. The summed E-state index contributed by atoms with van der Waals surface area (Å²) in [5.74, 6) is 0.643. The normalized spacial score (nSPS) is 23.8. The minimum Gasteiger partial charge on any atom is -0.356 e. The van der Waals surface area contributed by atoms with Crippen LogP contribution in [0.1, 0.15) is 38.5 Å². The van der Waals surface area contributed by atoms with Crippen LogP contribution in [0.15, 0.2) is 0 Å². The Morgan fingerprint density at radius 2 is 2.00 bits per heavy atom. The lowest BCUT2D eigenvalue weighted by atomic mass is 10.0. The van der Waals surface area contributed by atoms with E-state index in [0.29, 0.717) is 32.5 Å². The van der Waals surface area contributed by atoms with Gasteiger partial charge in [0.1, 0.15) is 0 Å². The summed E-state index contributed by atoms with van der Waals surface area (Å²) in [4.78, 5) is 39.8. The first-order valence-corrected chi connectivity index (χ1v) is 9.21.